The van der Waals surface area contributed by atoms with Crippen molar-refractivity contribution in [1.29, 1.82) is 0 Å². The summed E-state index contributed by atoms with van der Waals surface area (Å²) in [5.41, 5.74) is 0.983. The lowest BCUT2D eigenvalue weighted by molar-refractivity contribution is -0.151. The molecule has 2 aliphatic heterocycles. The predicted octanol–water partition coefficient (Wildman–Crippen LogP) is 2.28. The van der Waals surface area contributed by atoms with E-state index in [1.54, 1.807) is 6.07 Å². The number of hydrogen-bond acceptors (Lipinski definition) is 5. The molecule has 4 atom stereocenters. The molecule has 2 aromatic carbocycles. The highest BCUT2D eigenvalue weighted by Gasteiger charge is 2.40. The van der Waals surface area contributed by atoms with Crippen LogP contribution in [0.15, 0.2) is 54.6 Å². The van der Waals surface area contributed by atoms with Gasteiger partial charge in [0.05, 0.1) is 43.4 Å². The van der Waals surface area contributed by atoms with Gasteiger partial charge in [0.1, 0.15) is 11.9 Å². The van der Waals surface area contributed by atoms with Crippen LogP contribution in [0.1, 0.15) is 35.2 Å². The van der Waals surface area contributed by atoms with Gasteiger partial charge in [-0.05, 0) is 30.5 Å². The topological polar surface area (TPSA) is 88.1 Å². The third kappa shape index (κ3) is 5.96. The highest BCUT2D eigenvalue weighted by molar-refractivity contribution is 5.94. The summed E-state index contributed by atoms with van der Waals surface area (Å²) < 4.78 is 26.0. The molecule has 0 bridgehead atoms. The molecule has 2 saturated heterocycles. The molecule has 2 amide bonds. The van der Waals surface area contributed by atoms with Gasteiger partial charge < -0.3 is 24.8 Å². The van der Waals surface area contributed by atoms with Crippen molar-refractivity contribution in [3.05, 3.63) is 71.5 Å². The minimum atomic E-state index is -0.872. The van der Waals surface area contributed by atoms with Crippen molar-refractivity contribution in [2.45, 2.75) is 50.2 Å². The number of rotatable bonds is 5. The van der Waals surface area contributed by atoms with E-state index in [1.165, 1.54) is 23.1 Å². The minimum Gasteiger partial charge on any atom is -0.389 e. The van der Waals surface area contributed by atoms with Gasteiger partial charge in [-0.25, -0.2) is 4.39 Å². The predicted molar refractivity (Wildman–Crippen MR) is 119 cm³/mol. The van der Waals surface area contributed by atoms with Crippen LogP contribution < -0.4 is 5.32 Å². The first-order valence-corrected chi connectivity index (χ1v) is 11.3. The Hall–Kier alpha value is -2.81. The number of amides is 2. The van der Waals surface area contributed by atoms with Gasteiger partial charge in [0.15, 0.2) is 0 Å². The van der Waals surface area contributed by atoms with Crippen molar-refractivity contribution in [2.24, 2.45) is 0 Å². The Morgan fingerprint density at radius 1 is 1.06 bits per heavy atom. The van der Waals surface area contributed by atoms with Crippen LogP contribution in [0.5, 0.6) is 0 Å². The lowest BCUT2D eigenvalue weighted by Gasteiger charge is -2.44. The summed E-state index contributed by atoms with van der Waals surface area (Å²) in [4.78, 5) is 27.1. The van der Waals surface area contributed by atoms with Gasteiger partial charge in [-0.2, -0.15) is 0 Å². The maximum atomic E-state index is 14.3. The monoisotopic (exact) mass is 456 g/mol. The van der Waals surface area contributed by atoms with E-state index in [0.717, 1.165) is 5.56 Å². The number of nitrogens with zero attached hydrogens (tertiary/aromatic N) is 1. The van der Waals surface area contributed by atoms with E-state index in [-0.39, 0.29) is 49.8 Å². The van der Waals surface area contributed by atoms with Crippen LogP contribution in [0.25, 0.3) is 0 Å². The van der Waals surface area contributed by atoms with Crippen molar-refractivity contribution in [3.8, 4) is 0 Å². The largest absolute Gasteiger partial charge is 0.389 e. The number of carbonyl (C=O) groups is 2. The molecule has 7 nitrogen and oxygen atoms in total. The second-order valence-corrected chi connectivity index (χ2v) is 8.54. The van der Waals surface area contributed by atoms with Crippen LogP contribution in [-0.4, -0.2) is 65.9 Å². The Bertz CT molecular complexity index is 957. The van der Waals surface area contributed by atoms with Crippen LogP contribution in [0.4, 0.5) is 4.39 Å². The SMILES string of the molecule is O=C(C[C@H]1CC[C@H]2[C@@H](COC[C@H](O)CN2C(=O)c2ccccc2F)O1)NCc1ccccc1. The summed E-state index contributed by atoms with van der Waals surface area (Å²) in [6.45, 7) is 0.713. The summed E-state index contributed by atoms with van der Waals surface area (Å²) >= 11 is 0. The van der Waals surface area contributed by atoms with Crippen molar-refractivity contribution in [1.82, 2.24) is 10.2 Å². The summed E-state index contributed by atoms with van der Waals surface area (Å²) in [6.07, 6.45) is -0.299. The summed E-state index contributed by atoms with van der Waals surface area (Å²) in [6, 6.07) is 15.1. The molecule has 2 heterocycles. The molecule has 33 heavy (non-hydrogen) atoms. The second-order valence-electron chi connectivity index (χ2n) is 8.54. The van der Waals surface area contributed by atoms with Crippen LogP contribution >= 0.6 is 0 Å². The number of aliphatic hydroxyl groups excluding tert-OH is 1. The molecule has 0 aromatic heterocycles. The van der Waals surface area contributed by atoms with E-state index < -0.39 is 23.9 Å². The molecule has 0 spiro atoms. The Kier molecular flexibility index (Phi) is 7.69. The van der Waals surface area contributed by atoms with Crippen molar-refractivity contribution < 1.29 is 28.6 Å². The quantitative estimate of drug-likeness (QED) is 0.721. The number of fused-ring (bicyclic) bond motifs is 1. The van der Waals surface area contributed by atoms with Crippen molar-refractivity contribution >= 4 is 11.8 Å². The molecule has 0 saturated carbocycles. The highest BCUT2D eigenvalue weighted by Crippen LogP contribution is 2.29. The van der Waals surface area contributed by atoms with E-state index >= 15 is 0 Å². The second kappa shape index (κ2) is 10.9. The van der Waals surface area contributed by atoms with E-state index in [2.05, 4.69) is 5.32 Å². The molecule has 2 aliphatic rings. The van der Waals surface area contributed by atoms with Gasteiger partial charge in [-0.3, -0.25) is 9.59 Å². The van der Waals surface area contributed by atoms with Gasteiger partial charge in [0, 0.05) is 13.1 Å². The molecular weight excluding hydrogens is 427 g/mol. The number of carbonyl (C=O) groups excluding carboxylic acids is 2. The average Bonchev–Trinajstić information content (AvgIpc) is 2.81. The molecule has 2 fully saturated rings. The van der Waals surface area contributed by atoms with Gasteiger partial charge >= 0.3 is 0 Å². The zero-order valence-corrected chi connectivity index (χ0v) is 18.4. The Morgan fingerprint density at radius 2 is 1.82 bits per heavy atom. The summed E-state index contributed by atoms with van der Waals surface area (Å²) in [7, 11) is 0. The number of benzene rings is 2. The van der Waals surface area contributed by atoms with Gasteiger partial charge in [-0.15, -0.1) is 0 Å². The van der Waals surface area contributed by atoms with E-state index in [1.807, 2.05) is 30.3 Å². The first-order valence-electron chi connectivity index (χ1n) is 11.3. The van der Waals surface area contributed by atoms with Crippen LogP contribution in [0, 0.1) is 5.82 Å². The smallest absolute Gasteiger partial charge is 0.257 e. The maximum Gasteiger partial charge on any atom is 0.257 e. The number of nitrogens with one attached hydrogen (secondary N) is 1. The lowest BCUT2D eigenvalue weighted by Crippen LogP contribution is -2.57. The van der Waals surface area contributed by atoms with Crippen LogP contribution in [-0.2, 0) is 20.8 Å². The lowest BCUT2D eigenvalue weighted by atomic mass is 9.94. The number of ether oxygens (including phenoxy) is 2. The first kappa shape index (κ1) is 23.4. The number of hydrogen-bond donors (Lipinski definition) is 2. The standard InChI is InChI=1S/C25H29FN2O5/c26-21-9-5-4-8-20(21)25(31)28-14-18(29)15-32-16-23-22(28)11-10-19(33-23)12-24(30)27-13-17-6-2-1-3-7-17/h1-9,18-19,22-23,29H,10-16H2,(H,27,30)/t18-,19-,22+,23-/m1/s1. The highest BCUT2D eigenvalue weighted by atomic mass is 19.1. The Morgan fingerprint density at radius 3 is 2.61 bits per heavy atom. The number of aliphatic hydroxyl groups is 1. The third-order valence-electron chi connectivity index (χ3n) is 6.09. The maximum absolute atomic E-state index is 14.3. The summed E-state index contributed by atoms with van der Waals surface area (Å²) in [5.74, 6) is -1.19. The van der Waals surface area contributed by atoms with Crippen LogP contribution in [0.3, 0.4) is 0 Å². The number of halogens is 1. The van der Waals surface area contributed by atoms with E-state index in [0.29, 0.717) is 19.4 Å². The fourth-order valence-corrected chi connectivity index (χ4v) is 4.44. The van der Waals surface area contributed by atoms with Crippen LogP contribution in [0.2, 0.25) is 0 Å². The van der Waals surface area contributed by atoms with Crippen molar-refractivity contribution in [3.63, 3.8) is 0 Å². The van der Waals surface area contributed by atoms with Gasteiger partial charge in [0.2, 0.25) is 5.91 Å². The Labute approximate surface area is 192 Å². The molecular formula is C25H29FN2O5. The molecule has 4 rings (SSSR count). The first-order chi connectivity index (χ1) is 16.0. The molecule has 0 aliphatic carbocycles. The fraction of sp³-hybridized carbons (Fsp3) is 0.440. The zero-order chi connectivity index (χ0) is 23.2. The molecule has 0 unspecified atom stereocenters. The zero-order valence-electron chi connectivity index (χ0n) is 18.4. The molecule has 0 radical (unpaired) electrons. The normalized spacial score (nSPS) is 25.5. The van der Waals surface area contributed by atoms with E-state index in [4.69, 9.17) is 9.47 Å². The fourth-order valence-electron chi connectivity index (χ4n) is 4.44. The van der Waals surface area contributed by atoms with Crippen molar-refractivity contribution in [2.75, 3.05) is 19.8 Å². The third-order valence-corrected chi connectivity index (χ3v) is 6.09. The molecule has 2 aromatic rings. The summed E-state index contributed by atoms with van der Waals surface area (Å²) in [5, 5.41) is 13.2. The minimum absolute atomic E-state index is 0.0277. The number of β-amino-alcohol motifs (C(OH)–C–C–N with tert-alkyl or cyclic N) is 1. The molecule has 8 heteroatoms. The van der Waals surface area contributed by atoms with Gasteiger partial charge in [-0.1, -0.05) is 42.5 Å². The molecule has 2 N–H and O–H groups in total. The Balaban J connectivity index is 1.40. The molecule has 176 valence electrons. The van der Waals surface area contributed by atoms with E-state index in [9.17, 15) is 19.1 Å². The average molecular weight is 457 g/mol. The van der Waals surface area contributed by atoms with Gasteiger partial charge in [0.25, 0.3) is 5.91 Å².